The zero-order chi connectivity index (χ0) is 18.7. The van der Waals surface area contributed by atoms with E-state index in [2.05, 4.69) is 10.6 Å². The van der Waals surface area contributed by atoms with Crippen LogP contribution in [0.15, 0.2) is 36.4 Å². The molecule has 2 N–H and O–H groups in total. The van der Waals surface area contributed by atoms with Gasteiger partial charge in [-0.3, -0.25) is 0 Å². The number of rotatable bonds is 2. The highest BCUT2D eigenvalue weighted by Crippen LogP contribution is 2.23. The molecule has 0 saturated heterocycles. The van der Waals surface area contributed by atoms with Gasteiger partial charge >= 0.3 is 6.03 Å². The van der Waals surface area contributed by atoms with Crippen LogP contribution in [0.4, 0.5) is 25.0 Å². The standard InChI is InChI=1S/C14H11ClF2N2O.2C2H6/c1-8-2-4-10(15)13(6-8)19-14(20)18-9-3-5-11(16)12(17)7-9;2*1-2/h2-7H,1H3,(H2,18,19,20);2*1-2H3. The summed E-state index contributed by atoms with van der Waals surface area (Å²) in [5, 5.41) is 5.31. The van der Waals surface area contributed by atoms with Crippen molar-refractivity contribution in [3.63, 3.8) is 0 Å². The predicted octanol–water partition coefficient (Wildman–Crippen LogP) is 6.62. The third-order valence-electron chi connectivity index (χ3n) is 2.55. The maximum Gasteiger partial charge on any atom is 0.323 e. The molecule has 2 rings (SSSR count). The number of hydrogen-bond acceptors (Lipinski definition) is 1. The predicted molar refractivity (Wildman–Crippen MR) is 97.9 cm³/mol. The number of benzene rings is 2. The van der Waals surface area contributed by atoms with E-state index >= 15 is 0 Å². The van der Waals surface area contributed by atoms with Crippen LogP contribution in [0.3, 0.4) is 0 Å². The van der Waals surface area contributed by atoms with Gasteiger partial charge in [0.25, 0.3) is 0 Å². The Hall–Kier alpha value is -2.14. The zero-order valence-electron chi connectivity index (χ0n) is 14.5. The first-order valence-electron chi connectivity index (χ1n) is 7.75. The van der Waals surface area contributed by atoms with Gasteiger partial charge in [-0.05, 0) is 36.8 Å². The summed E-state index contributed by atoms with van der Waals surface area (Å²) in [4.78, 5) is 11.7. The normalized spacial score (nSPS) is 9.00. The number of carbonyl (C=O) groups excluding carboxylic acids is 1. The van der Waals surface area contributed by atoms with Crippen LogP contribution in [-0.4, -0.2) is 6.03 Å². The lowest BCUT2D eigenvalue weighted by atomic mass is 10.2. The quantitative estimate of drug-likeness (QED) is 0.623. The molecule has 2 amide bonds. The summed E-state index contributed by atoms with van der Waals surface area (Å²) in [5.41, 5.74) is 1.51. The van der Waals surface area contributed by atoms with Crippen LogP contribution < -0.4 is 10.6 Å². The Morgan fingerprint density at radius 1 is 0.917 bits per heavy atom. The zero-order valence-corrected chi connectivity index (χ0v) is 15.3. The van der Waals surface area contributed by atoms with Crippen LogP contribution in [-0.2, 0) is 0 Å². The van der Waals surface area contributed by atoms with E-state index in [1.165, 1.54) is 6.07 Å². The summed E-state index contributed by atoms with van der Waals surface area (Å²) >= 11 is 5.94. The molecule has 0 unspecified atom stereocenters. The highest BCUT2D eigenvalue weighted by molar-refractivity contribution is 6.33. The topological polar surface area (TPSA) is 41.1 Å². The summed E-state index contributed by atoms with van der Waals surface area (Å²) in [7, 11) is 0. The van der Waals surface area contributed by atoms with Crippen molar-refractivity contribution in [3.8, 4) is 0 Å². The van der Waals surface area contributed by atoms with Crippen LogP contribution in [0.1, 0.15) is 33.3 Å². The molecular weight excluding hydrogens is 334 g/mol. The summed E-state index contributed by atoms with van der Waals surface area (Å²) in [5.74, 6) is -2.01. The first kappa shape index (κ1) is 21.9. The van der Waals surface area contributed by atoms with Crippen molar-refractivity contribution in [2.45, 2.75) is 34.6 Å². The highest BCUT2D eigenvalue weighted by Gasteiger charge is 2.08. The largest absolute Gasteiger partial charge is 0.323 e. The molecule has 0 bridgehead atoms. The molecule has 0 saturated carbocycles. The number of hydrogen-bond donors (Lipinski definition) is 2. The molecule has 2 aromatic carbocycles. The van der Waals surface area contributed by atoms with E-state index in [9.17, 15) is 13.6 Å². The first-order valence-corrected chi connectivity index (χ1v) is 8.13. The summed E-state index contributed by atoms with van der Waals surface area (Å²) in [6.45, 7) is 9.86. The molecule has 0 aromatic heterocycles. The number of amides is 2. The fourth-order valence-electron chi connectivity index (χ4n) is 1.59. The molecule has 24 heavy (non-hydrogen) atoms. The van der Waals surface area contributed by atoms with E-state index in [0.29, 0.717) is 10.7 Å². The van der Waals surface area contributed by atoms with Crippen molar-refractivity contribution >= 4 is 29.0 Å². The Kier molecular flexibility index (Phi) is 10.4. The van der Waals surface area contributed by atoms with Crippen LogP contribution in [0, 0.1) is 18.6 Å². The third-order valence-corrected chi connectivity index (χ3v) is 2.88. The molecule has 0 aliphatic rings. The fourth-order valence-corrected chi connectivity index (χ4v) is 1.76. The Balaban J connectivity index is 0.00000123. The maximum absolute atomic E-state index is 13.0. The first-order chi connectivity index (χ1) is 11.5. The van der Waals surface area contributed by atoms with Gasteiger partial charge in [-0.1, -0.05) is 45.4 Å². The number of urea groups is 1. The van der Waals surface area contributed by atoms with Crippen LogP contribution >= 0.6 is 11.6 Å². The molecule has 0 atom stereocenters. The Bertz CT molecular complexity index is 663. The van der Waals surface area contributed by atoms with E-state index in [4.69, 9.17) is 11.6 Å². The van der Waals surface area contributed by atoms with Crippen LogP contribution in [0.25, 0.3) is 0 Å². The van der Waals surface area contributed by atoms with Gasteiger partial charge in [0.05, 0.1) is 10.7 Å². The molecule has 0 spiro atoms. The van der Waals surface area contributed by atoms with Gasteiger partial charge in [0, 0.05) is 11.8 Å². The number of aryl methyl sites for hydroxylation is 1. The molecule has 132 valence electrons. The van der Waals surface area contributed by atoms with Gasteiger partial charge in [0.2, 0.25) is 0 Å². The average molecular weight is 357 g/mol. The van der Waals surface area contributed by atoms with Crippen molar-refractivity contribution in [2.24, 2.45) is 0 Å². The second-order valence-electron chi connectivity index (χ2n) is 4.19. The summed E-state index contributed by atoms with van der Waals surface area (Å²) < 4.78 is 25.8. The van der Waals surface area contributed by atoms with E-state index in [1.54, 1.807) is 18.2 Å². The lowest BCUT2D eigenvalue weighted by Gasteiger charge is -2.10. The lowest BCUT2D eigenvalue weighted by Crippen LogP contribution is -2.19. The van der Waals surface area contributed by atoms with Crippen LogP contribution in [0.2, 0.25) is 5.02 Å². The third kappa shape index (κ3) is 6.96. The molecular formula is C18H23ClF2N2O. The molecule has 0 aliphatic heterocycles. The fraction of sp³-hybridized carbons (Fsp3) is 0.278. The number of anilines is 2. The summed E-state index contributed by atoms with van der Waals surface area (Å²) in [6, 6.07) is 7.66. The maximum atomic E-state index is 13.0. The second kappa shape index (κ2) is 11.4. The summed E-state index contributed by atoms with van der Waals surface area (Å²) in [6.07, 6.45) is 0. The molecule has 0 fully saturated rings. The van der Waals surface area contributed by atoms with E-state index < -0.39 is 17.7 Å². The Morgan fingerprint density at radius 3 is 2.12 bits per heavy atom. The van der Waals surface area contributed by atoms with Gasteiger partial charge in [0.1, 0.15) is 0 Å². The van der Waals surface area contributed by atoms with Crippen molar-refractivity contribution in [1.29, 1.82) is 0 Å². The minimum atomic E-state index is -1.03. The number of carbonyl (C=O) groups is 1. The van der Waals surface area contributed by atoms with Gasteiger partial charge in [-0.15, -0.1) is 0 Å². The average Bonchev–Trinajstić information content (AvgIpc) is 2.58. The van der Waals surface area contributed by atoms with E-state index in [0.717, 1.165) is 17.7 Å². The minimum absolute atomic E-state index is 0.144. The number of nitrogens with one attached hydrogen (secondary N) is 2. The van der Waals surface area contributed by atoms with Crippen molar-refractivity contribution < 1.29 is 13.6 Å². The van der Waals surface area contributed by atoms with E-state index in [-0.39, 0.29) is 5.69 Å². The van der Waals surface area contributed by atoms with Crippen molar-refractivity contribution in [2.75, 3.05) is 10.6 Å². The SMILES string of the molecule is CC.CC.Cc1ccc(Cl)c(NC(=O)Nc2ccc(F)c(F)c2)c1. The van der Waals surface area contributed by atoms with Gasteiger partial charge < -0.3 is 10.6 Å². The Labute approximate surface area is 147 Å². The van der Waals surface area contributed by atoms with Crippen LogP contribution in [0.5, 0.6) is 0 Å². The van der Waals surface area contributed by atoms with E-state index in [1.807, 2.05) is 34.6 Å². The van der Waals surface area contributed by atoms with Crippen molar-refractivity contribution in [1.82, 2.24) is 0 Å². The molecule has 0 aliphatic carbocycles. The monoisotopic (exact) mass is 356 g/mol. The molecule has 0 radical (unpaired) electrons. The molecule has 0 heterocycles. The van der Waals surface area contributed by atoms with Gasteiger partial charge in [0.15, 0.2) is 11.6 Å². The van der Waals surface area contributed by atoms with Gasteiger partial charge in [-0.2, -0.15) is 0 Å². The number of halogens is 3. The van der Waals surface area contributed by atoms with Gasteiger partial charge in [-0.25, -0.2) is 13.6 Å². The van der Waals surface area contributed by atoms with Crippen molar-refractivity contribution in [3.05, 3.63) is 58.6 Å². The Morgan fingerprint density at radius 2 is 1.54 bits per heavy atom. The molecule has 6 heteroatoms. The lowest BCUT2D eigenvalue weighted by molar-refractivity contribution is 0.262. The highest BCUT2D eigenvalue weighted by atomic mass is 35.5. The second-order valence-corrected chi connectivity index (χ2v) is 4.60. The minimum Gasteiger partial charge on any atom is -0.308 e. The smallest absolute Gasteiger partial charge is 0.308 e. The molecule has 3 nitrogen and oxygen atoms in total. The molecule has 2 aromatic rings.